The molecule has 0 fully saturated rings. The number of ketones is 1. The van der Waals surface area contributed by atoms with Crippen LogP contribution in [0.3, 0.4) is 0 Å². The quantitative estimate of drug-likeness (QED) is 0.168. The first-order chi connectivity index (χ1) is 20.6. The van der Waals surface area contributed by atoms with Crippen molar-refractivity contribution < 1.29 is 9.21 Å². The molecule has 42 heavy (non-hydrogen) atoms. The number of halogens is 1. The first-order valence-corrected chi connectivity index (χ1v) is 15.4. The summed E-state index contributed by atoms with van der Waals surface area (Å²) < 4.78 is 7.36. The lowest BCUT2D eigenvalue weighted by Gasteiger charge is -2.26. The Morgan fingerprint density at radius 2 is 1.57 bits per heavy atom. The van der Waals surface area contributed by atoms with Crippen molar-refractivity contribution >= 4 is 49.2 Å². The first-order valence-electron chi connectivity index (χ1n) is 14.6. The van der Waals surface area contributed by atoms with Gasteiger partial charge in [0.1, 0.15) is 11.2 Å². The van der Waals surface area contributed by atoms with E-state index in [1.807, 2.05) is 61.5 Å². The summed E-state index contributed by atoms with van der Waals surface area (Å²) in [4.78, 5) is 14.5. The molecule has 2 nitrogen and oxygen atoms in total. The van der Waals surface area contributed by atoms with Gasteiger partial charge in [-0.2, -0.15) is 0 Å². The van der Waals surface area contributed by atoms with Gasteiger partial charge in [0, 0.05) is 26.7 Å². The van der Waals surface area contributed by atoms with Crippen LogP contribution in [0.1, 0.15) is 63.4 Å². The van der Waals surface area contributed by atoms with Crippen molar-refractivity contribution in [2.24, 2.45) is 0 Å². The number of para-hydroxylation sites is 1. The fourth-order valence-corrected chi connectivity index (χ4v) is 7.11. The predicted octanol–water partition coefficient (Wildman–Crippen LogP) is 10.9. The minimum Gasteiger partial charge on any atom is -0.456 e. The van der Waals surface area contributed by atoms with Crippen molar-refractivity contribution in [2.75, 3.05) is 0 Å². The van der Waals surface area contributed by atoms with Crippen molar-refractivity contribution in [3.63, 3.8) is 0 Å². The van der Waals surface area contributed by atoms with E-state index in [-0.39, 0.29) is 11.7 Å². The summed E-state index contributed by atoms with van der Waals surface area (Å²) in [5.74, 6) is -0.125. The molecule has 0 N–H and O–H groups in total. The molecular weight excluding hydrogens is 580 g/mol. The van der Waals surface area contributed by atoms with Crippen molar-refractivity contribution in [2.45, 2.75) is 38.5 Å². The SMILES string of the molecule is Cc1ccccc1C(=O)C(CCC1=C(c2ccccc2)c2ccc(Br)cc2CC1)c1cccc2oc3ccccc3c12. The summed E-state index contributed by atoms with van der Waals surface area (Å²) in [5.41, 5.74) is 11.2. The van der Waals surface area contributed by atoms with Gasteiger partial charge in [-0.05, 0) is 90.3 Å². The molecule has 1 heterocycles. The van der Waals surface area contributed by atoms with E-state index in [0.717, 1.165) is 68.8 Å². The highest BCUT2D eigenvalue weighted by Crippen LogP contribution is 2.42. The van der Waals surface area contributed by atoms with Gasteiger partial charge in [-0.3, -0.25) is 4.79 Å². The van der Waals surface area contributed by atoms with Crippen LogP contribution in [0, 0.1) is 6.92 Å². The van der Waals surface area contributed by atoms with Gasteiger partial charge in [0.05, 0.1) is 0 Å². The summed E-state index contributed by atoms with van der Waals surface area (Å²) in [5, 5.41) is 2.11. The molecule has 0 bridgehead atoms. The molecule has 7 rings (SSSR count). The molecule has 0 saturated heterocycles. The third-order valence-corrected chi connectivity index (χ3v) is 9.21. The predicted molar refractivity (Wildman–Crippen MR) is 176 cm³/mol. The van der Waals surface area contributed by atoms with Gasteiger partial charge in [0.2, 0.25) is 0 Å². The number of hydrogen-bond donors (Lipinski definition) is 0. The molecule has 1 aromatic heterocycles. The molecule has 1 aliphatic rings. The first kappa shape index (κ1) is 26.7. The monoisotopic (exact) mass is 610 g/mol. The van der Waals surface area contributed by atoms with Gasteiger partial charge in [0.15, 0.2) is 5.78 Å². The second kappa shape index (κ2) is 11.2. The molecule has 1 unspecified atom stereocenters. The Bertz CT molecular complexity index is 1980. The third-order valence-electron chi connectivity index (χ3n) is 8.72. The molecule has 6 aromatic rings. The number of carbonyl (C=O) groups is 1. The fourth-order valence-electron chi connectivity index (χ4n) is 6.70. The zero-order chi connectivity index (χ0) is 28.6. The summed E-state index contributed by atoms with van der Waals surface area (Å²) >= 11 is 3.67. The number of hydrogen-bond acceptors (Lipinski definition) is 2. The number of Topliss-reactive ketones (excluding diaryl/α,β-unsaturated/α-hetero) is 1. The summed E-state index contributed by atoms with van der Waals surface area (Å²) in [6.07, 6.45) is 3.55. The Balaban J connectivity index is 1.36. The molecule has 3 heteroatoms. The lowest BCUT2D eigenvalue weighted by Crippen LogP contribution is -2.16. The summed E-state index contributed by atoms with van der Waals surface area (Å²) in [6, 6.07) is 39.7. The van der Waals surface area contributed by atoms with E-state index >= 15 is 0 Å². The largest absolute Gasteiger partial charge is 0.456 e. The molecule has 1 aliphatic carbocycles. The zero-order valence-corrected chi connectivity index (χ0v) is 25.2. The molecule has 206 valence electrons. The smallest absolute Gasteiger partial charge is 0.170 e. The maximum Gasteiger partial charge on any atom is 0.170 e. The third kappa shape index (κ3) is 4.82. The van der Waals surface area contributed by atoms with Gasteiger partial charge >= 0.3 is 0 Å². The lowest BCUT2D eigenvalue weighted by molar-refractivity contribution is 0.0955. The second-order valence-corrected chi connectivity index (χ2v) is 12.2. The number of rotatable bonds is 7. The minimum absolute atomic E-state index is 0.174. The van der Waals surface area contributed by atoms with Crippen molar-refractivity contribution in [1.29, 1.82) is 0 Å². The van der Waals surface area contributed by atoms with Crippen LogP contribution in [-0.2, 0) is 6.42 Å². The van der Waals surface area contributed by atoms with E-state index < -0.39 is 0 Å². The van der Waals surface area contributed by atoms with Crippen LogP contribution in [0.4, 0.5) is 0 Å². The Kier molecular flexibility index (Phi) is 7.13. The van der Waals surface area contributed by atoms with Crippen LogP contribution >= 0.6 is 15.9 Å². The minimum atomic E-state index is -0.299. The molecule has 0 saturated carbocycles. The average molecular weight is 612 g/mol. The van der Waals surface area contributed by atoms with Crippen LogP contribution in [0.2, 0.25) is 0 Å². The van der Waals surface area contributed by atoms with E-state index in [2.05, 4.69) is 76.6 Å². The van der Waals surface area contributed by atoms with Crippen molar-refractivity contribution in [3.05, 3.63) is 159 Å². The van der Waals surface area contributed by atoms with Gasteiger partial charge in [-0.1, -0.05) is 112 Å². The maximum atomic E-state index is 14.5. The zero-order valence-electron chi connectivity index (χ0n) is 23.6. The van der Waals surface area contributed by atoms with Crippen LogP contribution in [0.25, 0.3) is 27.5 Å². The lowest BCUT2D eigenvalue weighted by atomic mass is 9.78. The Labute approximate surface area is 254 Å². The van der Waals surface area contributed by atoms with Gasteiger partial charge < -0.3 is 4.42 Å². The highest BCUT2D eigenvalue weighted by atomic mass is 79.9. The molecule has 0 radical (unpaired) electrons. The van der Waals surface area contributed by atoms with E-state index in [0.29, 0.717) is 0 Å². The number of allylic oxidation sites excluding steroid dienone is 1. The Morgan fingerprint density at radius 1 is 0.810 bits per heavy atom. The number of fused-ring (bicyclic) bond motifs is 4. The number of benzene rings is 5. The Hall–Kier alpha value is -4.21. The standard InChI is InChI=1S/C39H31BrO2/c1-25-10-5-6-13-30(25)39(41)33(32-15-9-17-36-38(32)34-14-7-8-16-35(34)42-36)22-20-27-18-19-28-24-29(40)21-23-31(28)37(27)26-11-3-2-4-12-26/h2-17,21,23-24,33H,18-20,22H2,1H3. The molecule has 0 spiro atoms. The molecule has 0 aliphatic heterocycles. The van der Waals surface area contributed by atoms with Crippen LogP contribution < -0.4 is 0 Å². The van der Waals surface area contributed by atoms with E-state index in [4.69, 9.17) is 4.42 Å². The molecule has 5 aromatic carbocycles. The van der Waals surface area contributed by atoms with Crippen LogP contribution in [0.15, 0.2) is 130 Å². The normalized spacial score (nSPS) is 13.9. The fraction of sp³-hybridized carbons (Fsp3) is 0.154. The molecule has 0 amide bonds. The number of carbonyl (C=O) groups excluding carboxylic acids is 1. The van der Waals surface area contributed by atoms with E-state index in [1.165, 1.54) is 27.8 Å². The Morgan fingerprint density at radius 3 is 2.43 bits per heavy atom. The number of aryl methyl sites for hydroxylation is 2. The number of furan rings is 1. The van der Waals surface area contributed by atoms with Crippen LogP contribution in [0.5, 0.6) is 0 Å². The highest BCUT2D eigenvalue weighted by Gasteiger charge is 2.28. The molecule has 1 atom stereocenters. The summed E-state index contributed by atoms with van der Waals surface area (Å²) in [7, 11) is 0. The van der Waals surface area contributed by atoms with Crippen LogP contribution in [-0.4, -0.2) is 5.78 Å². The van der Waals surface area contributed by atoms with Gasteiger partial charge in [-0.15, -0.1) is 0 Å². The van der Waals surface area contributed by atoms with E-state index in [9.17, 15) is 4.79 Å². The highest BCUT2D eigenvalue weighted by molar-refractivity contribution is 9.10. The topological polar surface area (TPSA) is 30.2 Å². The van der Waals surface area contributed by atoms with Crippen molar-refractivity contribution in [3.8, 4) is 0 Å². The van der Waals surface area contributed by atoms with Crippen molar-refractivity contribution in [1.82, 2.24) is 0 Å². The van der Waals surface area contributed by atoms with Gasteiger partial charge in [-0.25, -0.2) is 0 Å². The van der Waals surface area contributed by atoms with E-state index in [1.54, 1.807) is 0 Å². The average Bonchev–Trinajstić information content (AvgIpc) is 3.41. The summed E-state index contributed by atoms with van der Waals surface area (Å²) in [6.45, 7) is 2.03. The van der Waals surface area contributed by atoms with Gasteiger partial charge in [0.25, 0.3) is 0 Å². The molecular formula is C39H31BrO2. The maximum absolute atomic E-state index is 14.5. The second-order valence-electron chi connectivity index (χ2n) is 11.2.